The molecule has 0 aliphatic carbocycles. The molecule has 0 rings (SSSR count). The number of hydrogen-bond donors (Lipinski definition) is 3. The van der Waals surface area contributed by atoms with Crippen LogP contribution in [0, 0.1) is 5.92 Å². The second-order valence-electron chi connectivity index (χ2n) is 4.11. The van der Waals surface area contributed by atoms with Gasteiger partial charge in [-0.15, -0.1) is 0 Å². The van der Waals surface area contributed by atoms with Crippen molar-refractivity contribution in [1.29, 1.82) is 0 Å². The van der Waals surface area contributed by atoms with Crippen LogP contribution in [0.25, 0.3) is 0 Å². The van der Waals surface area contributed by atoms with Crippen molar-refractivity contribution in [3.05, 3.63) is 0 Å². The monoisotopic (exact) mass is 249 g/mol. The minimum atomic E-state index is -0.250. The third-order valence-electron chi connectivity index (χ3n) is 1.96. The molecule has 3 N–H and O–H groups in total. The first-order valence-corrected chi connectivity index (χ1v) is 6.09. The Morgan fingerprint density at radius 1 is 1.18 bits per heavy atom. The Bertz CT molecular complexity index is 227. The van der Waals surface area contributed by atoms with E-state index < -0.39 is 0 Å². The molecule has 0 radical (unpaired) electrons. The van der Waals surface area contributed by atoms with Crippen molar-refractivity contribution in [2.24, 2.45) is 5.92 Å². The van der Waals surface area contributed by atoms with Gasteiger partial charge in [0, 0.05) is 9.90 Å². The van der Waals surface area contributed by atoms with E-state index >= 15 is 0 Å². The van der Waals surface area contributed by atoms with E-state index in [9.17, 15) is 9.59 Å². The van der Waals surface area contributed by atoms with Crippen molar-refractivity contribution in [3.8, 4) is 0 Å². The van der Waals surface area contributed by atoms with E-state index in [0.717, 1.165) is 0 Å². The first-order chi connectivity index (χ1) is 7.94. The Labute approximate surface area is 108 Å². The summed E-state index contributed by atoms with van der Waals surface area (Å²) in [7, 11) is 3.26. The fourth-order valence-corrected chi connectivity index (χ4v) is 1.13. The quantitative estimate of drug-likeness (QED) is 0.681. The second-order valence-corrected chi connectivity index (χ2v) is 4.11. The molecule has 1 atom stereocenters. The molecule has 0 bridgehead atoms. The smallest absolute Gasteiger partial charge is 0.239 e. The Kier molecular flexibility index (Phi) is 12.2. The van der Waals surface area contributed by atoms with E-state index in [-0.39, 0.29) is 33.2 Å². The summed E-state index contributed by atoms with van der Waals surface area (Å²) in [6.45, 7) is 8.17. The van der Waals surface area contributed by atoms with E-state index in [0.29, 0.717) is 0 Å². The molecule has 0 spiro atoms. The average Bonchev–Trinajstić information content (AvgIpc) is 2.27. The van der Waals surface area contributed by atoms with E-state index in [1.54, 1.807) is 7.05 Å². The normalized spacial score (nSPS) is 11.2. The lowest BCUT2D eigenvalue weighted by Crippen LogP contribution is -2.48. The van der Waals surface area contributed by atoms with Gasteiger partial charge in [-0.25, -0.2) is 0 Å². The van der Waals surface area contributed by atoms with Gasteiger partial charge in [-0.2, -0.15) is 0 Å². The van der Waals surface area contributed by atoms with Crippen molar-refractivity contribution in [2.75, 3.05) is 20.6 Å². The highest BCUT2D eigenvalue weighted by Crippen LogP contribution is 1.99. The molecule has 0 aromatic heterocycles. The standard InChI is InChI=1S/C9H19N3O2.C3H8.2H2/c1-6(2)8(11-4)9(14)12-5-7(13)10-3;1-3-2;;/h6,8,11H,5H2,1-4H3,(H,10,13)(H,12,14);3H2,1-2H3;2*1H/t8-;;;/m0.../s1. The van der Waals surface area contributed by atoms with Crippen LogP contribution >= 0.6 is 0 Å². The number of rotatable bonds is 5. The van der Waals surface area contributed by atoms with Crippen LogP contribution in [0.5, 0.6) is 0 Å². The maximum atomic E-state index is 11.5. The van der Waals surface area contributed by atoms with Crippen LogP contribution in [0.2, 0.25) is 0 Å². The molecule has 0 fully saturated rings. The molecule has 0 aliphatic heterocycles. The Balaban J connectivity index is -0.000000204. The molecule has 2 amide bonds. The molecule has 5 nitrogen and oxygen atoms in total. The summed E-state index contributed by atoms with van der Waals surface area (Å²) in [4.78, 5) is 22.3. The fraction of sp³-hybridized carbons (Fsp3) is 0.833. The third kappa shape index (κ3) is 9.81. The van der Waals surface area contributed by atoms with Gasteiger partial charge in [0.1, 0.15) is 0 Å². The molecule has 17 heavy (non-hydrogen) atoms. The van der Waals surface area contributed by atoms with Crippen LogP contribution in [-0.4, -0.2) is 38.5 Å². The van der Waals surface area contributed by atoms with Crippen molar-refractivity contribution in [1.82, 2.24) is 16.0 Å². The molecule has 0 unspecified atom stereocenters. The van der Waals surface area contributed by atoms with Crippen molar-refractivity contribution in [2.45, 2.75) is 40.2 Å². The molecule has 0 aromatic carbocycles. The predicted octanol–water partition coefficient (Wildman–Crippen LogP) is 1.00. The number of nitrogens with one attached hydrogen (secondary N) is 3. The van der Waals surface area contributed by atoms with Crippen LogP contribution in [0.3, 0.4) is 0 Å². The second kappa shape index (κ2) is 11.4. The number of carbonyl (C=O) groups is 2. The van der Waals surface area contributed by atoms with Gasteiger partial charge in [-0.1, -0.05) is 34.1 Å². The summed E-state index contributed by atoms with van der Waals surface area (Å²) >= 11 is 0. The first-order valence-electron chi connectivity index (χ1n) is 6.09. The molecule has 0 aliphatic rings. The number of hydrogen-bond acceptors (Lipinski definition) is 3. The van der Waals surface area contributed by atoms with E-state index in [2.05, 4.69) is 29.8 Å². The fourth-order valence-electron chi connectivity index (χ4n) is 1.13. The van der Waals surface area contributed by atoms with Gasteiger partial charge in [0.2, 0.25) is 11.8 Å². The Morgan fingerprint density at radius 2 is 1.65 bits per heavy atom. The minimum absolute atomic E-state index is 0. The summed E-state index contributed by atoms with van der Waals surface area (Å²) in [5.74, 6) is -0.146. The zero-order valence-electron chi connectivity index (χ0n) is 11.9. The lowest BCUT2D eigenvalue weighted by Gasteiger charge is -2.18. The van der Waals surface area contributed by atoms with Crippen LogP contribution in [0.1, 0.15) is 37.0 Å². The molecular weight excluding hydrogens is 218 g/mol. The largest absolute Gasteiger partial charge is 0.358 e. The average molecular weight is 249 g/mol. The maximum Gasteiger partial charge on any atom is 0.239 e. The lowest BCUT2D eigenvalue weighted by molar-refractivity contribution is -0.127. The molecule has 106 valence electrons. The maximum absolute atomic E-state index is 11.5. The van der Waals surface area contributed by atoms with Crippen molar-refractivity contribution in [3.63, 3.8) is 0 Å². The van der Waals surface area contributed by atoms with Crippen LogP contribution < -0.4 is 16.0 Å². The highest BCUT2D eigenvalue weighted by molar-refractivity contribution is 5.87. The van der Waals surface area contributed by atoms with Crippen LogP contribution in [0.4, 0.5) is 0 Å². The molecular formula is C12H31N3O2. The summed E-state index contributed by atoms with van der Waals surface area (Å²) in [6, 6.07) is -0.250. The first kappa shape index (κ1) is 18.3. The van der Waals surface area contributed by atoms with E-state index in [4.69, 9.17) is 0 Å². The highest BCUT2D eigenvalue weighted by atomic mass is 16.2. The van der Waals surface area contributed by atoms with Gasteiger partial charge in [-0.05, 0) is 13.0 Å². The molecule has 5 heteroatoms. The van der Waals surface area contributed by atoms with Gasteiger partial charge in [0.05, 0.1) is 12.6 Å². The number of amides is 2. The summed E-state index contributed by atoms with van der Waals surface area (Å²) in [5, 5.41) is 7.88. The topological polar surface area (TPSA) is 70.2 Å². The van der Waals surface area contributed by atoms with Crippen LogP contribution in [0.15, 0.2) is 0 Å². The summed E-state index contributed by atoms with van der Waals surface area (Å²) < 4.78 is 0. The van der Waals surface area contributed by atoms with Gasteiger partial charge in [0.15, 0.2) is 0 Å². The van der Waals surface area contributed by atoms with Crippen molar-refractivity contribution >= 4 is 11.8 Å². The van der Waals surface area contributed by atoms with E-state index in [1.165, 1.54) is 13.5 Å². The third-order valence-corrected chi connectivity index (χ3v) is 1.96. The number of carbonyl (C=O) groups excluding carboxylic acids is 2. The van der Waals surface area contributed by atoms with Gasteiger partial charge in [0.25, 0.3) is 0 Å². The van der Waals surface area contributed by atoms with Gasteiger partial charge in [-0.3, -0.25) is 9.59 Å². The zero-order chi connectivity index (χ0) is 13.8. The predicted molar refractivity (Wildman–Crippen MR) is 75.0 cm³/mol. The summed E-state index contributed by atoms with van der Waals surface area (Å²) in [5.41, 5.74) is 0. The zero-order valence-corrected chi connectivity index (χ0v) is 11.9. The summed E-state index contributed by atoms with van der Waals surface area (Å²) in [6.07, 6.45) is 1.25. The Hall–Kier alpha value is -1.10. The minimum Gasteiger partial charge on any atom is -0.358 e. The lowest BCUT2D eigenvalue weighted by atomic mass is 10.0. The van der Waals surface area contributed by atoms with Crippen molar-refractivity contribution < 1.29 is 12.4 Å². The molecule has 0 saturated heterocycles. The SMILES string of the molecule is CCC.CNC(=O)CNC(=O)[C@@H](NC)C(C)C.[HH].[HH]. The van der Waals surface area contributed by atoms with Crippen LogP contribution in [-0.2, 0) is 9.59 Å². The number of likely N-dealkylation sites (N-methyl/N-ethyl adjacent to an activating group) is 2. The van der Waals surface area contributed by atoms with Gasteiger partial charge < -0.3 is 16.0 Å². The van der Waals surface area contributed by atoms with Gasteiger partial charge >= 0.3 is 0 Å². The highest BCUT2D eigenvalue weighted by Gasteiger charge is 2.19. The molecule has 0 aromatic rings. The molecule has 0 heterocycles. The Morgan fingerprint density at radius 3 is 1.94 bits per heavy atom. The van der Waals surface area contributed by atoms with E-state index in [1.807, 2.05) is 13.8 Å². The molecule has 0 saturated carbocycles.